The van der Waals surface area contributed by atoms with Gasteiger partial charge in [-0.2, -0.15) is 0 Å². The monoisotopic (exact) mass is 306 g/mol. The molecule has 0 heterocycles. The van der Waals surface area contributed by atoms with Gasteiger partial charge in [-0.15, -0.1) is 0 Å². The molecular formula is C16H15FO3S. The van der Waals surface area contributed by atoms with Crippen LogP contribution in [0.5, 0.6) is 0 Å². The highest BCUT2D eigenvalue weighted by molar-refractivity contribution is 7.91. The number of halogens is 1. The average molecular weight is 306 g/mol. The second-order valence-corrected chi connectivity index (χ2v) is 6.95. The van der Waals surface area contributed by atoms with Gasteiger partial charge in [0.25, 0.3) is 0 Å². The van der Waals surface area contributed by atoms with Crippen molar-refractivity contribution in [1.82, 2.24) is 0 Å². The molecule has 5 heteroatoms. The summed E-state index contributed by atoms with van der Waals surface area (Å²) in [6, 6.07) is 12.0. The predicted octanol–water partition coefficient (Wildman–Crippen LogP) is 2.93. The Labute approximate surface area is 123 Å². The molecule has 0 aliphatic carbocycles. The first-order chi connectivity index (χ1) is 9.87. The zero-order valence-electron chi connectivity index (χ0n) is 11.5. The van der Waals surface area contributed by atoms with Gasteiger partial charge in [0.05, 0.1) is 5.75 Å². The zero-order chi connectivity index (χ0) is 15.5. The highest BCUT2D eigenvalue weighted by Crippen LogP contribution is 2.13. The van der Waals surface area contributed by atoms with Crippen molar-refractivity contribution < 1.29 is 17.6 Å². The van der Waals surface area contributed by atoms with Crippen molar-refractivity contribution in [3.8, 4) is 0 Å². The van der Waals surface area contributed by atoms with Crippen molar-refractivity contribution in [3.63, 3.8) is 0 Å². The van der Waals surface area contributed by atoms with E-state index in [-0.39, 0.29) is 11.3 Å². The van der Waals surface area contributed by atoms with E-state index in [1.807, 2.05) is 19.1 Å². The molecule has 0 aromatic heterocycles. The van der Waals surface area contributed by atoms with Crippen LogP contribution in [-0.4, -0.2) is 20.0 Å². The number of ketones is 1. The molecule has 0 bridgehead atoms. The lowest BCUT2D eigenvalue weighted by atomic mass is 10.1. The minimum atomic E-state index is -3.56. The van der Waals surface area contributed by atoms with Crippen LogP contribution in [0, 0.1) is 12.7 Å². The molecular weight excluding hydrogens is 291 g/mol. The normalized spacial score (nSPS) is 11.3. The molecule has 0 fully saturated rings. The molecule has 0 spiro atoms. The first-order valence-corrected chi connectivity index (χ1v) is 8.23. The molecule has 0 aliphatic heterocycles. The van der Waals surface area contributed by atoms with Crippen molar-refractivity contribution in [2.24, 2.45) is 0 Å². The third-order valence-electron chi connectivity index (χ3n) is 3.15. The minimum Gasteiger partial charge on any atom is -0.293 e. The first kappa shape index (κ1) is 15.4. The number of Topliss-reactive ketones (excluding diaryl/α,β-unsaturated/α-hetero) is 1. The van der Waals surface area contributed by atoms with Crippen LogP contribution in [0.3, 0.4) is 0 Å². The number of sulfone groups is 1. The molecule has 0 radical (unpaired) electrons. The van der Waals surface area contributed by atoms with Crippen molar-refractivity contribution in [1.29, 1.82) is 0 Å². The first-order valence-electron chi connectivity index (χ1n) is 6.41. The summed E-state index contributed by atoms with van der Waals surface area (Å²) in [4.78, 5) is 11.9. The van der Waals surface area contributed by atoms with Crippen molar-refractivity contribution in [2.75, 3.05) is 5.75 Å². The Morgan fingerprint density at radius 2 is 1.67 bits per heavy atom. The number of hydrogen-bond acceptors (Lipinski definition) is 3. The Morgan fingerprint density at radius 1 is 1.05 bits per heavy atom. The fourth-order valence-electron chi connectivity index (χ4n) is 1.98. The number of carbonyl (C=O) groups excluding carboxylic acids is 1. The molecule has 110 valence electrons. The van der Waals surface area contributed by atoms with E-state index in [2.05, 4.69) is 0 Å². The number of benzene rings is 2. The molecule has 0 atom stereocenters. The topological polar surface area (TPSA) is 51.2 Å². The van der Waals surface area contributed by atoms with Gasteiger partial charge in [0.15, 0.2) is 15.6 Å². The summed E-state index contributed by atoms with van der Waals surface area (Å²) in [5.41, 5.74) is 1.75. The van der Waals surface area contributed by atoms with Crippen LogP contribution in [0.25, 0.3) is 0 Å². The summed E-state index contributed by atoms with van der Waals surface area (Å²) in [5, 5.41) is 0. The van der Waals surface area contributed by atoms with Crippen molar-refractivity contribution in [2.45, 2.75) is 12.7 Å². The van der Waals surface area contributed by atoms with Gasteiger partial charge in [-0.3, -0.25) is 4.79 Å². The van der Waals surface area contributed by atoms with E-state index >= 15 is 0 Å². The summed E-state index contributed by atoms with van der Waals surface area (Å²) in [7, 11) is -3.56. The SMILES string of the molecule is Cc1ccccc1CS(=O)(=O)CC(=O)c1ccc(F)cc1. The van der Waals surface area contributed by atoms with E-state index in [0.717, 1.165) is 17.7 Å². The van der Waals surface area contributed by atoms with E-state index < -0.39 is 27.2 Å². The third kappa shape index (κ3) is 4.23. The van der Waals surface area contributed by atoms with Crippen molar-refractivity contribution >= 4 is 15.6 Å². The van der Waals surface area contributed by atoms with Gasteiger partial charge in [0.1, 0.15) is 11.6 Å². The molecule has 2 rings (SSSR count). The molecule has 0 amide bonds. The van der Waals surface area contributed by atoms with E-state index in [4.69, 9.17) is 0 Å². The van der Waals surface area contributed by atoms with Crippen LogP contribution in [-0.2, 0) is 15.6 Å². The van der Waals surface area contributed by atoms with Gasteiger partial charge >= 0.3 is 0 Å². The van der Waals surface area contributed by atoms with Crippen LogP contribution in [0.2, 0.25) is 0 Å². The maximum absolute atomic E-state index is 12.8. The fourth-order valence-corrected chi connectivity index (χ4v) is 3.44. The summed E-state index contributed by atoms with van der Waals surface area (Å²) in [6.45, 7) is 1.83. The van der Waals surface area contributed by atoms with Gasteiger partial charge < -0.3 is 0 Å². The lowest BCUT2D eigenvalue weighted by Gasteiger charge is -2.07. The Balaban J connectivity index is 2.12. The summed E-state index contributed by atoms with van der Waals surface area (Å²) in [6.07, 6.45) is 0. The summed E-state index contributed by atoms with van der Waals surface area (Å²) >= 11 is 0. The number of rotatable bonds is 5. The molecule has 2 aromatic rings. The van der Waals surface area contributed by atoms with Crippen LogP contribution >= 0.6 is 0 Å². The van der Waals surface area contributed by atoms with Gasteiger partial charge in [0, 0.05) is 5.56 Å². The largest absolute Gasteiger partial charge is 0.293 e. The van der Waals surface area contributed by atoms with Crippen LogP contribution in [0.1, 0.15) is 21.5 Å². The van der Waals surface area contributed by atoms with Gasteiger partial charge in [0.2, 0.25) is 0 Å². The van der Waals surface area contributed by atoms with Crippen LogP contribution in [0.4, 0.5) is 4.39 Å². The Kier molecular flexibility index (Phi) is 4.53. The maximum atomic E-state index is 12.8. The van der Waals surface area contributed by atoms with E-state index in [0.29, 0.717) is 5.56 Å². The summed E-state index contributed by atoms with van der Waals surface area (Å²) in [5.74, 6) is -1.74. The second kappa shape index (κ2) is 6.18. The Morgan fingerprint density at radius 3 is 2.29 bits per heavy atom. The standard InChI is InChI=1S/C16H15FO3S/c1-12-4-2-3-5-14(12)10-21(19,20)11-16(18)13-6-8-15(17)9-7-13/h2-9H,10-11H2,1H3. The lowest BCUT2D eigenvalue weighted by molar-refractivity contribution is 0.102. The molecule has 0 N–H and O–H groups in total. The number of carbonyl (C=O) groups is 1. The van der Waals surface area contributed by atoms with Crippen LogP contribution < -0.4 is 0 Å². The summed E-state index contributed by atoms with van der Waals surface area (Å²) < 4.78 is 37.0. The van der Waals surface area contributed by atoms with Gasteiger partial charge in [-0.05, 0) is 42.3 Å². The Hall–Kier alpha value is -2.01. The third-order valence-corrected chi connectivity index (χ3v) is 4.61. The van der Waals surface area contributed by atoms with E-state index in [1.165, 1.54) is 12.1 Å². The van der Waals surface area contributed by atoms with Crippen molar-refractivity contribution in [3.05, 3.63) is 71.0 Å². The molecule has 21 heavy (non-hydrogen) atoms. The van der Waals surface area contributed by atoms with Gasteiger partial charge in [-0.25, -0.2) is 12.8 Å². The molecule has 0 saturated heterocycles. The quantitative estimate of drug-likeness (QED) is 0.798. The predicted molar refractivity (Wildman–Crippen MR) is 79.4 cm³/mol. The maximum Gasteiger partial charge on any atom is 0.177 e. The average Bonchev–Trinajstić information content (AvgIpc) is 2.41. The minimum absolute atomic E-state index is 0.174. The molecule has 0 saturated carbocycles. The van der Waals surface area contributed by atoms with Crippen LogP contribution in [0.15, 0.2) is 48.5 Å². The zero-order valence-corrected chi connectivity index (χ0v) is 12.4. The molecule has 2 aromatic carbocycles. The smallest absolute Gasteiger partial charge is 0.177 e. The number of aryl methyl sites for hydroxylation is 1. The Bertz CT molecular complexity index is 749. The number of hydrogen-bond donors (Lipinski definition) is 0. The molecule has 3 nitrogen and oxygen atoms in total. The fraction of sp³-hybridized carbons (Fsp3) is 0.188. The van der Waals surface area contributed by atoms with Gasteiger partial charge in [-0.1, -0.05) is 24.3 Å². The highest BCUT2D eigenvalue weighted by Gasteiger charge is 2.19. The van der Waals surface area contributed by atoms with E-state index in [1.54, 1.807) is 12.1 Å². The molecule has 0 unspecified atom stereocenters. The second-order valence-electron chi connectivity index (χ2n) is 4.89. The highest BCUT2D eigenvalue weighted by atomic mass is 32.2. The lowest BCUT2D eigenvalue weighted by Crippen LogP contribution is -2.18. The van der Waals surface area contributed by atoms with E-state index in [9.17, 15) is 17.6 Å². The molecule has 0 aliphatic rings.